The van der Waals surface area contributed by atoms with Crippen LogP contribution in [0.15, 0.2) is 42.5 Å². The Morgan fingerprint density at radius 3 is 2.18 bits per heavy atom. The Bertz CT molecular complexity index is 732. The van der Waals surface area contributed by atoms with Gasteiger partial charge in [0.25, 0.3) is 11.8 Å². The lowest BCUT2D eigenvalue weighted by Gasteiger charge is -2.20. The van der Waals surface area contributed by atoms with E-state index >= 15 is 0 Å². The minimum absolute atomic E-state index is 0.0311. The van der Waals surface area contributed by atoms with E-state index in [1.807, 2.05) is 32.0 Å². The van der Waals surface area contributed by atoms with Crippen molar-refractivity contribution in [2.24, 2.45) is 0 Å². The Morgan fingerprint density at radius 1 is 1.00 bits per heavy atom. The maximum absolute atomic E-state index is 12.3. The number of carbonyl (C=O) groups is 2. The van der Waals surface area contributed by atoms with Gasteiger partial charge in [-0.15, -0.1) is 0 Å². The summed E-state index contributed by atoms with van der Waals surface area (Å²) in [6.45, 7) is 3.81. The smallest absolute Gasteiger partial charge is 0.261 e. The first-order valence-corrected chi connectivity index (χ1v) is 7.19. The number of imide groups is 1. The summed E-state index contributed by atoms with van der Waals surface area (Å²) in [6, 6.07) is 12.5. The molecule has 22 heavy (non-hydrogen) atoms. The van der Waals surface area contributed by atoms with Crippen LogP contribution in [0.2, 0.25) is 0 Å². The lowest BCUT2D eigenvalue weighted by Crippen LogP contribution is -2.34. The summed E-state index contributed by atoms with van der Waals surface area (Å²) >= 11 is 0. The van der Waals surface area contributed by atoms with Crippen LogP contribution in [0.3, 0.4) is 0 Å². The van der Waals surface area contributed by atoms with Gasteiger partial charge in [0.05, 0.1) is 23.8 Å². The molecule has 0 bridgehead atoms. The fourth-order valence-electron chi connectivity index (χ4n) is 2.80. The van der Waals surface area contributed by atoms with Gasteiger partial charge in [0, 0.05) is 0 Å². The second-order valence-electron chi connectivity index (χ2n) is 5.64. The van der Waals surface area contributed by atoms with Crippen molar-refractivity contribution in [1.29, 1.82) is 0 Å². The van der Waals surface area contributed by atoms with E-state index in [0.717, 1.165) is 21.6 Å². The van der Waals surface area contributed by atoms with Crippen molar-refractivity contribution in [2.75, 3.05) is 6.54 Å². The standard InChI is InChI=1S/C18H17NO3/c1-11-7-8-12(2)15(9-11)16(20)10-19-17(21)13-5-3-4-6-14(13)18(19)22/h3-9,16,20H,10H2,1-2H3. The van der Waals surface area contributed by atoms with Gasteiger partial charge in [0.15, 0.2) is 0 Å². The molecule has 1 aliphatic rings. The first-order valence-electron chi connectivity index (χ1n) is 7.19. The Hall–Kier alpha value is -2.46. The average Bonchev–Trinajstić information content (AvgIpc) is 2.75. The molecule has 1 unspecified atom stereocenters. The summed E-state index contributed by atoms with van der Waals surface area (Å²) in [6.07, 6.45) is -0.887. The molecule has 0 fully saturated rings. The molecule has 4 nitrogen and oxygen atoms in total. The summed E-state index contributed by atoms with van der Waals surface area (Å²) in [7, 11) is 0. The lowest BCUT2D eigenvalue weighted by molar-refractivity contribution is 0.0542. The van der Waals surface area contributed by atoms with Gasteiger partial charge in [-0.25, -0.2) is 0 Å². The van der Waals surface area contributed by atoms with E-state index in [0.29, 0.717) is 11.1 Å². The topological polar surface area (TPSA) is 57.6 Å². The summed E-state index contributed by atoms with van der Waals surface area (Å²) in [5, 5.41) is 10.5. The van der Waals surface area contributed by atoms with Crippen LogP contribution in [-0.4, -0.2) is 28.4 Å². The van der Waals surface area contributed by atoms with Crippen LogP contribution in [0.5, 0.6) is 0 Å². The maximum Gasteiger partial charge on any atom is 0.261 e. The number of β-amino-alcohol motifs (C(OH)–C–C–N with tert-alkyl or cyclic N) is 1. The third-order valence-electron chi connectivity index (χ3n) is 4.03. The summed E-state index contributed by atoms with van der Waals surface area (Å²) in [5.41, 5.74) is 3.52. The Morgan fingerprint density at radius 2 is 1.59 bits per heavy atom. The molecule has 0 saturated heterocycles. The molecule has 1 aliphatic heterocycles. The average molecular weight is 295 g/mol. The first-order chi connectivity index (χ1) is 10.5. The molecule has 0 spiro atoms. The van der Waals surface area contributed by atoms with Gasteiger partial charge in [0.1, 0.15) is 0 Å². The second kappa shape index (κ2) is 5.39. The van der Waals surface area contributed by atoms with Crippen LogP contribution in [-0.2, 0) is 0 Å². The van der Waals surface area contributed by atoms with Gasteiger partial charge in [-0.3, -0.25) is 14.5 Å². The highest BCUT2D eigenvalue weighted by atomic mass is 16.3. The van der Waals surface area contributed by atoms with E-state index in [2.05, 4.69) is 0 Å². The normalized spacial score (nSPS) is 15.1. The largest absolute Gasteiger partial charge is 0.387 e. The van der Waals surface area contributed by atoms with E-state index in [1.165, 1.54) is 0 Å². The van der Waals surface area contributed by atoms with Crippen molar-refractivity contribution in [3.63, 3.8) is 0 Å². The van der Waals surface area contributed by atoms with Gasteiger partial charge >= 0.3 is 0 Å². The quantitative estimate of drug-likeness (QED) is 0.886. The minimum Gasteiger partial charge on any atom is -0.387 e. The van der Waals surface area contributed by atoms with Crippen LogP contribution in [0.1, 0.15) is 43.5 Å². The highest BCUT2D eigenvalue weighted by molar-refractivity contribution is 6.21. The van der Waals surface area contributed by atoms with Gasteiger partial charge < -0.3 is 5.11 Å². The fraction of sp³-hybridized carbons (Fsp3) is 0.222. The van der Waals surface area contributed by atoms with Crippen molar-refractivity contribution in [2.45, 2.75) is 20.0 Å². The number of rotatable bonds is 3. The summed E-state index contributed by atoms with van der Waals surface area (Å²) < 4.78 is 0. The molecular formula is C18H17NO3. The van der Waals surface area contributed by atoms with Crippen molar-refractivity contribution in [1.82, 2.24) is 4.90 Å². The number of nitrogens with zero attached hydrogens (tertiary/aromatic N) is 1. The number of hydrogen-bond donors (Lipinski definition) is 1. The Labute approximate surface area is 129 Å². The molecule has 0 saturated carbocycles. The third-order valence-corrected chi connectivity index (χ3v) is 4.03. The molecule has 0 aliphatic carbocycles. The molecule has 2 aromatic rings. The van der Waals surface area contributed by atoms with Gasteiger partial charge in [-0.05, 0) is 37.1 Å². The molecule has 1 N–H and O–H groups in total. The fourth-order valence-corrected chi connectivity index (χ4v) is 2.80. The Balaban J connectivity index is 1.87. The van der Waals surface area contributed by atoms with Crippen molar-refractivity contribution < 1.29 is 14.7 Å². The lowest BCUT2D eigenvalue weighted by atomic mass is 10.0. The molecule has 112 valence electrons. The van der Waals surface area contributed by atoms with Crippen LogP contribution in [0.25, 0.3) is 0 Å². The second-order valence-corrected chi connectivity index (χ2v) is 5.64. The SMILES string of the molecule is Cc1ccc(C)c(C(O)CN2C(=O)c3ccccc3C2=O)c1. The zero-order chi connectivity index (χ0) is 15.9. The van der Waals surface area contributed by atoms with Crippen LogP contribution in [0.4, 0.5) is 0 Å². The zero-order valence-corrected chi connectivity index (χ0v) is 12.5. The molecule has 1 atom stereocenters. The number of fused-ring (bicyclic) bond motifs is 1. The maximum atomic E-state index is 12.3. The Kier molecular flexibility index (Phi) is 3.54. The summed E-state index contributed by atoms with van der Waals surface area (Å²) in [4.78, 5) is 25.8. The van der Waals surface area contributed by atoms with E-state index in [1.54, 1.807) is 24.3 Å². The minimum atomic E-state index is -0.887. The zero-order valence-electron chi connectivity index (χ0n) is 12.5. The van der Waals surface area contributed by atoms with E-state index < -0.39 is 6.10 Å². The molecule has 2 amide bonds. The van der Waals surface area contributed by atoms with Crippen molar-refractivity contribution in [3.05, 3.63) is 70.3 Å². The third kappa shape index (κ3) is 2.31. The number of aryl methyl sites for hydroxylation is 2. The monoisotopic (exact) mass is 295 g/mol. The molecule has 0 aromatic heterocycles. The van der Waals surface area contributed by atoms with Gasteiger partial charge in [-0.1, -0.05) is 35.9 Å². The highest BCUT2D eigenvalue weighted by Crippen LogP contribution is 2.26. The van der Waals surface area contributed by atoms with E-state index in [4.69, 9.17) is 0 Å². The van der Waals surface area contributed by atoms with Crippen LogP contribution >= 0.6 is 0 Å². The van der Waals surface area contributed by atoms with Gasteiger partial charge in [0.2, 0.25) is 0 Å². The van der Waals surface area contributed by atoms with Crippen LogP contribution in [0, 0.1) is 13.8 Å². The number of carbonyl (C=O) groups excluding carboxylic acids is 2. The van der Waals surface area contributed by atoms with Crippen LogP contribution < -0.4 is 0 Å². The van der Waals surface area contributed by atoms with Crippen molar-refractivity contribution >= 4 is 11.8 Å². The molecule has 0 radical (unpaired) electrons. The highest BCUT2D eigenvalue weighted by Gasteiger charge is 2.36. The molecule has 1 heterocycles. The molecule has 3 rings (SSSR count). The number of aliphatic hydroxyl groups is 1. The number of benzene rings is 2. The molecule has 4 heteroatoms. The molecule has 2 aromatic carbocycles. The summed E-state index contributed by atoms with van der Waals surface area (Å²) in [5.74, 6) is -0.685. The first kappa shape index (κ1) is 14.5. The predicted molar refractivity (Wildman–Crippen MR) is 82.7 cm³/mol. The van der Waals surface area contributed by atoms with Gasteiger partial charge in [-0.2, -0.15) is 0 Å². The molecular weight excluding hydrogens is 278 g/mol. The van der Waals surface area contributed by atoms with Crippen molar-refractivity contribution in [3.8, 4) is 0 Å². The van der Waals surface area contributed by atoms with E-state index in [-0.39, 0.29) is 18.4 Å². The number of amides is 2. The number of hydrogen-bond acceptors (Lipinski definition) is 3. The van der Waals surface area contributed by atoms with E-state index in [9.17, 15) is 14.7 Å². The predicted octanol–water partition coefficient (Wildman–Crippen LogP) is 2.63. The number of aliphatic hydroxyl groups excluding tert-OH is 1.